The van der Waals surface area contributed by atoms with Crippen LogP contribution in [0.15, 0.2) is 12.2 Å². The molecule has 0 radical (unpaired) electrons. The Kier molecular flexibility index (Phi) is 49.1. The molecule has 0 saturated carbocycles. The summed E-state index contributed by atoms with van der Waals surface area (Å²) >= 11 is 0. The van der Waals surface area contributed by atoms with Crippen LogP contribution in [0.5, 0.6) is 0 Å². The first-order valence-corrected chi connectivity index (χ1v) is 27.0. The Labute approximate surface area is 374 Å². The molecule has 0 rings (SSSR count). The van der Waals surface area contributed by atoms with Crippen molar-refractivity contribution in [1.82, 2.24) is 5.32 Å². The number of ether oxygens (including phenoxy) is 1. The van der Waals surface area contributed by atoms with Crippen LogP contribution < -0.4 is 5.32 Å². The Morgan fingerprint density at radius 1 is 0.450 bits per heavy atom. The lowest BCUT2D eigenvalue weighted by Gasteiger charge is -2.20. The molecule has 0 aromatic heterocycles. The molecule has 1 amide bonds. The fourth-order valence-corrected chi connectivity index (χ4v) is 8.40. The van der Waals surface area contributed by atoms with Crippen LogP contribution >= 0.6 is 0 Å². The van der Waals surface area contributed by atoms with Gasteiger partial charge >= 0.3 is 5.97 Å². The molecule has 0 aliphatic rings. The van der Waals surface area contributed by atoms with Crippen molar-refractivity contribution < 1.29 is 24.5 Å². The summed E-state index contributed by atoms with van der Waals surface area (Å²) in [6, 6.07) is -0.633. The first-order valence-electron chi connectivity index (χ1n) is 27.0. The topological polar surface area (TPSA) is 95.9 Å². The molecule has 0 aromatic rings. The van der Waals surface area contributed by atoms with E-state index in [0.717, 1.165) is 57.8 Å². The van der Waals surface area contributed by atoms with E-state index in [1.54, 1.807) is 6.08 Å². The highest BCUT2D eigenvalue weighted by molar-refractivity contribution is 5.76. The van der Waals surface area contributed by atoms with E-state index in [4.69, 9.17) is 4.74 Å². The van der Waals surface area contributed by atoms with Crippen molar-refractivity contribution in [2.45, 2.75) is 309 Å². The van der Waals surface area contributed by atoms with Crippen LogP contribution in [0.1, 0.15) is 296 Å². The fraction of sp³-hybridized carbons (Fsp3) is 0.926. The van der Waals surface area contributed by atoms with E-state index in [2.05, 4.69) is 19.2 Å². The van der Waals surface area contributed by atoms with Crippen molar-refractivity contribution >= 4 is 11.9 Å². The molecule has 0 heterocycles. The van der Waals surface area contributed by atoms with Crippen LogP contribution in [-0.4, -0.2) is 47.4 Å². The van der Waals surface area contributed by atoms with Crippen molar-refractivity contribution in [2.24, 2.45) is 0 Å². The number of nitrogens with one attached hydrogen (secondary N) is 1. The maximum Gasteiger partial charge on any atom is 0.305 e. The Balaban J connectivity index is 3.42. The summed E-state index contributed by atoms with van der Waals surface area (Å²) in [4.78, 5) is 24.5. The van der Waals surface area contributed by atoms with Gasteiger partial charge in [-0.3, -0.25) is 9.59 Å². The summed E-state index contributed by atoms with van der Waals surface area (Å²) in [6.07, 6.45) is 57.9. The fourth-order valence-electron chi connectivity index (χ4n) is 8.40. The molecule has 0 fully saturated rings. The van der Waals surface area contributed by atoms with Gasteiger partial charge in [0.15, 0.2) is 0 Å². The lowest BCUT2D eigenvalue weighted by molar-refractivity contribution is -0.143. The smallest absolute Gasteiger partial charge is 0.305 e. The molecule has 0 spiro atoms. The number of amides is 1. The van der Waals surface area contributed by atoms with Crippen LogP contribution in [0.25, 0.3) is 0 Å². The van der Waals surface area contributed by atoms with Gasteiger partial charge < -0.3 is 20.3 Å². The van der Waals surface area contributed by atoms with Crippen LogP contribution in [0.3, 0.4) is 0 Å². The maximum absolute atomic E-state index is 12.4. The summed E-state index contributed by atoms with van der Waals surface area (Å²) in [6.45, 7) is 4.89. The number of allylic oxidation sites excluding steroid dienone is 1. The average molecular weight is 848 g/mol. The molecule has 0 aromatic carbocycles. The maximum atomic E-state index is 12.4. The third-order valence-corrected chi connectivity index (χ3v) is 12.6. The molecule has 356 valence electrons. The van der Waals surface area contributed by atoms with Gasteiger partial charge in [-0.1, -0.05) is 264 Å². The van der Waals surface area contributed by atoms with Gasteiger partial charge in [0.05, 0.1) is 25.4 Å². The van der Waals surface area contributed by atoms with Crippen LogP contribution in [0.4, 0.5) is 0 Å². The van der Waals surface area contributed by atoms with Crippen molar-refractivity contribution in [3.05, 3.63) is 12.2 Å². The Hall–Kier alpha value is -1.40. The minimum Gasteiger partial charge on any atom is -0.466 e. The molecule has 0 saturated heterocycles. The van der Waals surface area contributed by atoms with E-state index in [9.17, 15) is 19.8 Å². The average Bonchev–Trinajstić information content (AvgIpc) is 3.25. The number of hydrogen-bond acceptors (Lipinski definition) is 5. The summed E-state index contributed by atoms with van der Waals surface area (Å²) in [5, 5.41) is 23.0. The monoisotopic (exact) mass is 848 g/mol. The number of carbonyl (C=O) groups excluding carboxylic acids is 2. The molecular weight excluding hydrogens is 743 g/mol. The molecule has 2 atom stereocenters. The highest BCUT2D eigenvalue weighted by atomic mass is 16.5. The first-order chi connectivity index (χ1) is 29.5. The van der Waals surface area contributed by atoms with E-state index in [1.165, 1.54) is 212 Å². The van der Waals surface area contributed by atoms with Crippen molar-refractivity contribution in [1.29, 1.82) is 0 Å². The molecule has 3 N–H and O–H groups in total. The molecule has 6 heteroatoms. The second kappa shape index (κ2) is 50.2. The molecule has 2 unspecified atom stereocenters. The van der Waals surface area contributed by atoms with Crippen LogP contribution in [0.2, 0.25) is 0 Å². The molecule has 6 nitrogen and oxygen atoms in total. The molecule has 0 aliphatic heterocycles. The Morgan fingerprint density at radius 3 is 1.13 bits per heavy atom. The Bertz CT molecular complexity index is 893. The SMILES string of the molecule is CCCCCCCCCCCC/C=C/C(O)C(CO)NC(=O)CCCCCCCCCCCCCCCCOC(=O)CCCCCCCCCCCCCCCCCCC. The second-order valence-corrected chi connectivity index (χ2v) is 18.6. The van der Waals surface area contributed by atoms with Crippen molar-refractivity contribution in [3.8, 4) is 0 Å². The van der Waals surface area contributed by atoms with Gasteiger partial charge in [0.2, 0.25) is 5.91 Å². The third kappa shape index (κ3) is 46.1. The van der Waals surface area contributed by atoms with E-state index >= 15 is 0 Å². The van der Waals surface area contributed by atoms with E-state index in [1.807, 2.05) is 6.08 Å². The number of hydrogen-bond donors (Lipinski definition) is 3. The quantitative estimate of drug-likeness (QED) is 0.0322. The standard InChI is InChI=1S/C54H105NO5/c1-3-5-7-9-11-13-15-17-18-19-20-24-28-32-36-40-44-48-54(59)60-49-45-41-37-33-29-25-22-21-23-27-31-35-39-43-47-53(58)55-51(50-56)52(57)46-42-38-34-30-26-16-14-12-10-8-6-4-2/h42,46,51-52,56-57H,3-41,43-45,47-50H2,1-2H3,(H,55,58)/b46-42+. The molecular formula is C54H105NO5. The van der Waals surface area contributed by atoms with Gasteiger partial charge in [-0.25, -0.2) is 0 Å². The number of aliphatic hydroxyl groups excluding tert-OH is 2. The highest BCUT2D eigenvalue weighted by Gasteiger charge is 2.18. The van der Waals surface area contributed by atoms with E-state index in [0.29, 0.717) is 19.4 Å². The number of unbranched alkanes of at least 4 members (excludes halogenated alkanes) is 39. The normalized spacial score (nSPS) is 12.7. The predicted molar refractivity (Wildman–Crippen MR) is 260 cm³/mol. The lowest BCUT2D eigenvalue weighted by atomic mass is 10.0. The van der Waals surface area contributed by atoms with Gasteiger partial charge in [0, 0.05) is 12.8 Å². The lowest BCUT2D eigenvalue weighted by Crippen LogP contribution is -2.45. The van der Waals surface area contributed by atoms with Gasteiger partial charge in [-0.05, 0) is 32.1 Å². The zero-order valence-electron chi connectivity index (χ0n) is 40.5. The Morgan fingerprint density at radius 2 is 0.767 bits per heavy atom. The van der Waals surface area contributed by atoms with Gasteiger partial charge in [0.1, 0.15) is 0 Å². The van der Waals surface area contributed by atoms with E-state index in [-0.39, 0.29) is 18.5 Å². The number of aliphatic hydroxyl groups is 2. The zero-order chi connectivity index (χ0) is 43.7. The highest BCUT2D eigenvalue weighted by Crippen LogP contribution is 2.17. The number of rotatable bonds is 50. The minimum atomic E-state index is -0.849. The third-order valence-electron chi connectivity index (χ3n) is 12.6. The van der Waals surface area contributed by atoms with Crippen molar-refractivity contribution in [2.75, 3.05) is 13.2 Å². The number of esters is 1. The summed E-state index contributed by atoms with van der Waals surface area (Å²) in [7, 11) is 0. The molecule has 0 aliphatic carbocycles. The van der Waals surface area contributed by atoms with E-state index < -0.39 is 12.1 Å². The second-order valence-electron chi connectivity index (χ2n) is 18.6. The largest absolute Gasteiger partial charge is 0.466 e. The van der Waals surface area contributed by atoms with Crippen molar-refractivity contribution in [3.63, 3.8) is 0 Å². The minimum absolute atomic E-state index is 0.000556. The van der Waals surface area contributed by atoms with Gasteiger partial charge in [0.25, 0.3) is 0 Å². The predicted octanol–water partition coefficient (Wildman–Crippen LogP) is 16.1. The van der Waals surface area contributed by atoms with Crippen LogP contribution in [-0.2, 0) is 14.3 Å². The summed E-state index contributed by atoms with van der Waals surface area (Å²) < 4.78 is 5.48. The zero-order valence-corrected chi connectivity index (χ0v) is 40.5. The van der Waals surface area contributed by atoms with Crippen LogP contribution in [0, 0.1) is 0 Å². The van der Waals surface area contributed by atoms with Gasteiger partial charge in [-0.2, -0.15) is 0 Å². The molecule has 0 bridgehead atoms. The first kappa shape index (κ1) is 58.6. The van der Waals surface area contributed by atoms with Gasteiger partial charge in [-0.15, -0.1) is 0 Å². The summed E-state index contributed by atoms with van der Waals surface area (Å²) in [5.74, 6) is -0.0775. The summed E-state index contributed by atoms with van der Waals surface area (Å²) in [5.41, 5.74) is 0. The number of carbonyl (C=O) groups is 2. The molecule has 60 heavy (non-hydrogen) atoms.